The molecule has 1 saturated heterocycles. The first-order chi connectivity index (χ1) is 17.8. The Labute approximate surface area is 214 Å². The van der Waals surface area contributed by atoms with Crippen LogP contribution in [0, 0.1) is 0 Å². The lowest BCUT2D eigenvalue weighted by molar-refractivity contribution is -0.137. The van der Waals surface area contributed by atoms with Gasteiger partial charge in [-0.1, -0.05) is 6.92 Å². The van der Waals surface area contributed by atoms with Crippen molar-refractivity contribution in [1.29, 1.82) is 0 Å². The van der Waals surface area contributed by atoms with Crippen LogP contribution < -0.4 is 4.90 Å². The zero-order valence-electron chi connectivity index (χ0n) is 21.4. The highest BCUT2D eigenvalue weighted by atomic mass is 19.4. The summed E-state index contributed by atoms with van der Waals surface area (Å²) in [6.07, 6.45) is 2.99. The van der Waals surface area contributed by atoms with Crippen LogP contribution in [-0.2, 0) is 37.3 Å². The van der Waals surface area contributed by atoms with Crippen molar-refractivity contribution < 1.29 is 17.9 Å². The maximum absolute atomic E-state index is 14.4. The lowest BCUT2D eigenvalue weighted by Crippen LogP contribution is -2.33. The molecule has 0 unspecified atom stereocenters. The topological polar surface area (TPSA) is 51.3 Å². The van der Waals surface area contributed by atoms with E-state index < -0.39 is 11.7 Å². The molecule has 1 fully saturated rings. The quantitative estimate of drug-likeness (QED) is 0.484. The number of aryl methyl sites for hydroxylation is 2. The van der Waals surface area contributed by atoms with E-state index in [1.165, 1.54) is 22.6 Å². The molecule has 7 nitrogen and oxygen atoms in total. The standard InChI is InChI=1S/C27H33F3N6O/c1-3-34-10-6-24-22(17-34)26(32-36(24)20-7-11-37-12-8-20)35-9-4-5-18-13-21(19-15-31-33(2)16-19)23(14-25(18)35)27(28,29)30/h13-16,20H,3-12,17H2,1-2H3. The summed E-state index contributed by atoms with van der Waals surface area (Å²) >= 11 is 0. The van der Waals surface area contributed by atoms with Crippen molar-refractivity contribution in [1.82, 2.24) is 24.5 Å². The van der Waals surface area contributed by atoms with Crippen molar-refractivity contribution in [3.05, 3.63) is 46.9 Å². The van der Waals surface area contributed by atoms with Gasteiger partial charge in [0.1, 0.15) is 0 Å². The molecule has 2 aromatic heterocycles. The minimum Gasteiger partial charge on any atom is -0.381 e. The molecule has 37 heavy (non-hydrogen) atoms. The molecule has 0 amide bonds. The number of benzene rings is 1. The average molecular weight is 515 g/mol. The fourth-order valence-electron chi connectivity index (χ4n) is 6.09. The maximum atomic E-state index is 14.4. The second-order valence-corrected chi connectivity index (χ2v) is 10.3. The summed E-state index contributed by atoms with van der Waals surface area (Å²) in [5.41, 5.74) is 4.00. The number of alkyl halides is 3. The number of halogens is 3. The number of ether oxygens (including phenoxy) is 1. The van der Waals surface area contributed by atoms with Crippen LogP contribution in [0.4, 0.5) is 24.7 Å². The molecule has 0 aliphatic carbocycles. The van der Waals surface area contributed by atoms with Crippen LogP contribution in [0.5, 0.6) is 0 Å². The Morgan fingerprint density at radius 3 is 2.62 bits per heavy atom. The number of fused-ring (bicyclic) bond motifs is 2. The van der Waals surface area contributed by atoms with Gasteiger partial charge in [0.25, 0.3) is 0 Å². The van der Waals surface area contributed by atoms with Gasteiger partial charge in [-0.15, -0.1) is 0 Å². The van der Waals surface area contributed by atoms with Gasteiger partial charge in [0, 0.05) is 75.0 Å². The maximum Gasteiger partial charge on any atom is 0.417 e. The monoisotopic (exact) mass is 514 g/mol. The van der Waals surface area contributed by atoms with Crippen molar-refractivity contribution in [2.75, 3.05) is 37.7 Å². The Morgan fingerprint density at radius 1 is 1.11 bits per heavy atom. The Bertz CT molecular complexity index is 1290. The Balaban J connectivity index is 1.48. The predicted octanol–water partition coefficient (Wildman–Crippen LogP) is 5.12. The van der Waals surface area contributed by atoms with Crippen molar-refractivity contribution >= 4 is 11.5 Å². The molecule has 0 spiro atoms. The number of aromatic nitrogens is 4. The normalized spacial score (nSPS) is 19.2. The van der Waals surface area contributed by atoms with Gasteiger partial charge in [-0.25, -0.2) is 0 Å². The molecular formula is C27H33F3N6O. The van der Waals surface area contributed by atoms with Crippen LogP contribution in [0.15, 0.2) is 24.5 Å². The van der Waals surface area contributed by atoms with E-state index in [2.05, 4.69) is 26.5 Å². The van der Waals surface area contributed by atoms with Gasteiger partial charge < -0.3 is 9.64 Å². The second-order valence-electron chi connectivity index (χ2n) is 10.3. The van der Waals surface area contributed by atoms with Crippen molar-refractivity contribution in [2.45, 2.75) is 57.8 Å². The van der Waals surface area contributed by atoms with E-state index in [9.17, 15) is 13.2 Å². The van der Waals surface area contributed by atoms with Crippen molar-refractivity contribution in [3.63, 3.8) is 0 Å². The van der Waals surface area contributed by atoms with E-state index in [1.54, 1.807) is 19.3 Å². The third-order valence-electron chi connectivity index (χ3n) is 8.04. The van der Waals surface area contributed by atoms with E-state index >= 15 is 0 Å². The zero-order valence-corrected chi connectivity index (χ0v) is 21.4. The van der Waals surface area contributed by atoms with E-state index in [4.69, 9.17) is 9.84 Å². The summed E-state index contributed by atoms with van der Waals surface area (Å²) in [6.45, 7) is 6.92. The first-order valence-corrected chi connectivity index (χ1v) is 13.2. The van der Waals surface area contributed by atoms with E-state index in [0.29, 0.717) is 31.0 Å². The fourth-order valence-corrected chi connectivity index (χ4v) is 6.09. The summed E-state index contributed by atoms with van der Waals surface area (Å²) < 4.78 is 52.4. The first kappa shape index (κ1) is 24.5. The second kappa shape index (κ2) is 9.47. The molecule has 3 aliphatic heterocycles. The molecule has 0 radical (unpaired) electrons. The Kier molecular flexibility index (Phi) is 6.27. The van der Waals surface area contributed by atoms with Gasteiger partial charge in [0.15, 0.2) is 5.82 Å². The molecule has 3 aliphatic rings. The lowest BCUT2D eigenvalue weighted by atomic mass is 9.92. The van der Waals surface area contributed by atoms with Gasteiger partial charge in [-0.05, 0) is 55.5 Å². The van der Waals surface area contributed by atoms with Crippen molar-refractivity contribution in [3.8, 4) is 11.1 Å². The fraction of sp³-hybridized carbons (Fsp3) is 0.556. The summed E-state index contributed by atoms with van der Waals surface area (Å²) in [5, 5.41) is 9.26. The number of hydrogen-bond acceptors (Lipinski definition) is 5. The summed E-state index contributed by atoms with van der Waals surface area (Å²) in [4.78, 5) is 4.44. The van der Waals surface area contributed by atoms with Gasteiger partial charge in [0.2, 0.25) is 0 Å². The molecule has 1 aromatic carbocycles. The number of hydrogen-bond donors (Lipinski definition) is 0. The molecule has 0 bridgehead atoms. The molecule has 3 aromatic rings. The molecule has 6 rings (SSSR count). The lowest BCUT2D eigenvalue weighted by Gasteiger charge is -2.33. The highest BCUT2D eigenvalue weighted by molar-refractivity contribution is 5.77. The largest absolute Gasteiger partial charge is 0.417 e. The molecule has 10 heteroatoms. The molecule has 0 saturated carbocycles. The van der Waals surface area contributed by atoms with Gasteiger partial charge in [-0.2, -0.15) is 23.4 Å². The Morgan fingerprint density at radius 2 is 1.92 bits per heavy atom. The summed E-state index contributed by atoms with van der Waals surface area (Å²) in [5.74, 6) is 0.822. The van der Waals surface area contributed by atoms with Crippen LogP contribution in [0.3, 0.4) is 0 Å². The molecule has 198 valence electrons. The number of nitrogens with zero attached hydrogens (tertiary/aromatic N) is 6. The highest BCUT2D eigenvalue weighted by Crippen LogP contribution is 2.45. The number of anilines is 2. The van der Waals surface area contributed by atoms with E-state index in [0.717, 1.165) is 68.7 Å². The van der Waals surface area contributed by atoms with Crippen LogP contribution >= 0.6 is 0 Å². The number of likely N-dealkylation sites (N-methyl/N-ethyl adjacent to an activating group) is 1. The Hall–Kier alpha value is -2.85. The molecule has 5 heterocycles. The van der Waals surface area contributed by atoms with E-state index in [1.807, 2.05) is 0 Å². The minimum absolute atomic E-state index is 0.188. The van der Waals surface area contributed by atoms with Gasteiger partial charge in [-0.3, -0.25) is 14.3 Å². The SMILES string of the molecule is CCN1CCc2c(c(N3CCCc4cc(-c5cnn(C)c5)c(C(F)(F)F)cc43)nn2C2CCOCC2)C1. The predicted molar refractivity (Wildman–Crippen MR) is 135 cm³/mol. The summed E-state index contributed by atoms with van der Waals surface area (Å²) in [6, 6.07) is 3.34. The van der Waals surface area contributed by atoms with E-state index in [-0.39, 0.29) is 11.6 Å². The first-order valence-electron chi connectivity index (χ1n) is 13.2. The third kappa shape index (κ3) is 4.44. The molecular weight excluding hydrogens is 481 g/mol. The number of rotatable bonds is 4. The molecule has 0 atom stereocenters. The summed E-state index contributed by atoms with van der Waals surface area (Å²) in [7, 11) is 1.72. The minimum atomic E-state index is -4.48. The van der Waals surface area contributed by atoms with Crippen LogP contribution in [0.1, 0.15) is 54.6 Å². The van der Waals surface area contributed by atoms with Crippen LogP contribution in [0.25, 0.3) is 11.1 Å². The van der Waals surface area contributed by atoms with Crippen LogP contribution in [-0.4, -0.2) is 57.3 Å². The molecule has 0 N–H and O–H groups in total. The van der Waals surface area contributed by atoms with Crippen LogP contribution in [0.2, 0.25) is 0 Å². The smallest absolute Gasteiger partial charge is 0.381 e. The zero-order chi connectivity index (χ0) is 25.7. The highest BCUT2D eigenvalue weighted by Gasteiger charge is 2.38. The van der Waals surface area contributed by atoms with Gasteiger partial charge >= 0.3 is 6.18 Å². The average Bonchev–Trinajstić information content (AvgIpc) is 3.51. The van der Waals surface area contributed by atoms with Gasteiger partial charge in [0.05, 0.1) is 17.8 Å². The van der Waals surface area contributed by atoms with Crippen molar-refractivity contribution in [2.24, 2.45) is 7.05 Å². The third-order valence-corrected chi connectivity index (χ3v) is 8.04.